The minimum Gasteiger partial charge on any atom is -0.483 e. The highest BCUT2D eigenvalue weighted by Gasteiger charge is 2.34. The van der Waals surface area contributed by atoms with E-state index in [1.165, 1.54) is 51.1 Å². The van der Waals surface area contributed by atoms with E-state index in [2.05, 4.69) is 88.7 Å². The highest BCUT2D eigenvalue weighted by atomic mass is 35.5. The quantitative estimate of drug-likeness (QED) is 0.122. The summed E-state index contributed by atoms with van der Waals surface area (Å²) in [4.78, 5) is 29.8. The van der Waals surface area contributed by atoms with Crippen molar-refractivity contribution in [3.05, 3.63) is 271 Å². The first-order chi connectivity index (χ1) is 44.5. The Morgan fingerprint density at radius 2 is 0.862 bits per heavy atom. The molecule has 0 saturated carbocycles. The Hall–Kier alpha value is -4.66. The van der Waals surface area contributed by atoms with Gasteiger partial charge in [0.15, 0.2) is 11.6 Å². The number of ether oxygens (including phenoxy) is 2. The summed E-state index contributed by atoms with van der Waals surface area (Å²) in [5, 5.41) is 16.2. The number of aliphatic hydroxyl groups excluding tert-OH is 1. The number of carbonyl (C=O) groups is 2. The second-order valence-electron chi connectivity index (χ2n) is 23.2. The van der Waals surface area contributed by atoms with Crippen LogP contribution in [0.5, 0.6) is 11.5 Å². The molecule has 502 valence electrons. The summed E-state index contributed by atoms with van der Waals surface area (Å²) in [5.74, 6) is 7.40. The molecule has 94 heavy (non-hydrogen) atoms. The van der Waals surface area contributed by atoms with E-state index in [4.69, 9.17) is 44.3 Å². The second-order valence-corrected chi connectivity index (χ2v) is 30.3. The van der Waals surface area contributed by atoms with Gasteiger partial charge in [0.05, 0.1) is 42.7 Å². The molecule has 8 aromatic rings. The number of para-hydroxylation sites is 2. The number of hydrogen-bond donors (Lipinski definition) is 2. The van der Waals surface area contributed by atoms with Crippen molar-refractivity contribution in [2.75, 3.05) is 81.3 Å². The van der Waals surface area contributed by atoms with Crippen LogP contribution in [-0.4, -0.2) is 134 Å². The number of nitrogens with zero attached hydrogens (tertiary/aromatic N) is 3. The normalized spacial score (nSPS) is 19.5. The molecule has 7 atom stereocenters. The van der Waals surface area contributed by atoms with E-state index in [-0.39, 0.29) is 65.8 Å². The fraction of sp³-hybridized carbons (Fsp3) is 0.333. The third-order valence-electron chi connectivity index (χ3n) is 15.3. The Labute approximate surface area is 600 Å². The maximum atomic E-state index is 12.2. The van der Waals surface area contributed by atoms with Gasteiger partial charge in [-0.2, -0.15) is 0 Å². The van der Waals surface area contributed by atoms with Crippen LogP contribution in [0.25, 0.3) is 0 Å². The highest BCUT2D eigenvalue weighted by Crippen LogP contribution is 2.44. The van der Waals surface area contributed by atoms with Crippen LogP contribution in [0.2, 0.25) is 15.1 Å². The molecule has 2 N–H and O–H groups in total. The summed E-state index contributed by atoms with van der Waals surface area (Å²) in [6, 6.07) is 62.5. The lowest BCUT2D eigenvalue weighted by Gasteiger charge is -2.35. The van der Waals surface area contributed by atoms with Crippen molar-refractivity contribution in [3.8, 4) is 11.5 Å². The number of hydrogen-bond acceptors (Lipinski definition) is 14. The van der Waals surface area contributed by atoms with Gasteiger partial charge in [0, 0.05) is 71.3 Å². The molecule has 8 aromatic carbocycles. The Balaban J connectivity index is 0.000000183. The first-order valence-electron chi connectivity index (χ1n) is 30.5. The Morgan fingerprint density at radius 1 is 0.468 bits per heavy atom. The average molecular weight is 1450 g/mol. The standard InChI is InChI=1S/C18H20ClNOS.C17H18ClNOS.C12H17NOS.C12H15NOS.C9H8OS.C6H4ClF.CH4.ClH/c1-20(2)11-17-18(21-16-10-6-5-9-15(16)19)14-8-4-3-7-13(14)12-22-17;1-19-10-16-17(20-15-9-5-4-8-14(15)18)13-7-3-2-6-12(13)11-21-16;2*1-13(2)7-11-12(14)10-6-4-3-5-9(10)8-15-11;10-9-6-11-5-7-3-1-2-4-8(7)9;7-5-3-1-2-4-6(5)8;;/h3-10,17-18H,11-12H2,1-2H3;2-9,16-17,19H,10-11H2,1H3;3-6,11-12,14H,7-8H2,1-2H3;3-6,11H,7-8H2,1-2H3;1-4H,5-6H2;1-4H;1H4;1H/t17-,18-;16-,17-;11-,12-;;;;;/m000...../s1. The third-order valence-corrected chi connectivity index (χ3v) is 22.4. The first-order valence-corrected chi connectivity index (χ1v) is 37.0. The van der Waals surface area contributed by atoms with Gasteiger partial charge >= 0.3 is 0 Å². The van der Waals surface area contributed by atoms with E-state index in [0.29, 0.717) is 31.5 Å². The van der Waals surface area contributed by atoms with Crippen LogP contribution in [-0.2, 0) is 28.8 Å². The predicted octanol–water partition coefficient (Wildman–Crippen LogP) is 18.5. The zero-order chi connectivity index (χ0) is 65.5. The van der Waals surface area contributed by atoms with Crippen LogP contribution in [0.4, 0.5) is 4.39 Å². The van der Waals surface area contributed by atoms with E-state index >= 15 is 0 Å². The lowest BCUT2D eigenvalue weighted by Crippen LogP contribution is -2.34. The van der Waals surface area contributed by atoms with Gasteiger partial charge in [-0.3, -0.25) is 9.59 Å². The molecular formula is C75H87Cl4FN4O5S5. The third kappa shape index (κ3) is 23.0. The maximum Gasteiger partial charge on any atom is 0.177 e. The molecule has 0 bridgehead atoms. The van der Waals surface area contributed by atoms with Crippen molar-refractivity contribution in [3.63, 3.8) is 0 Å². The van der Waals surface area contributed by atoms with Crippen LogP contribution in [0.15, 0.2) is 194 Å². The molecule has 5 heterocycles. The largest absolute Gasteiger partial charge is 0.483 e. The van der Waals surface area contributed by atoms with Gasteiger partial charge < -0.3 is 34.6 Å². The van der Waals surface area contributed by atoms with Gasteiger partial charge in [-0.25, -0.2) is 4.39 Å². The number of halogens is 5. The summed E-state index contributed by atoms with van der Waals surface area (Å²) in [6.45, 7) is 3.65. The molecule has 13 rings (SSSR count). The molecule has 19 heteroatoms. The summed E-state index contributed by atoms with van der Waals surface area (Å²) in [7, 11) is 14.3. The summed E-state index contributed by atoms with van der Waals surface area (Å²) in [5.41, 5.74) is 11.9. The van der Waals surface area contributed by atoms with Crippen LogP contribution >= 0.6 is 106 Å². The SMILES string of the molecule is C.CN(C)CC1SCc2ccccc2C1=O.CN(C)C[C@@H]1SCc2ccccc2[C@@H]1O.CN(C)C[C@@H]1SCc2ccccc2[C@@H]1Oc1ccccc1Cl.CNC[C@@H]1SCc2ccccc2[C@@H]1Oc1ccccc1Cl.Cl.Fc1ccccc1Cl.O=C1CSCc2ccccc21. The number of aliphatic hydroxyl groups is 1. The van der Waals surface area contributed by atoms with E-state index in [1.807, 2.05) is 186 Å². The molecule has 0 amide bonds. The van der Waals surface area contributed by atoms with Gasteiger partial charge in [-0.15, -0.1) is 71.2 Å². The second kappa shape index (κ2) is 40.3. The molecule has 5 aliphatic rings. The summed E-state index contributed by atoms with van der Waals surface area (Å²) >= 11 is 27.1. The number of carbonyl (C=O) groups excluding carboxylic acids is 2. The van der Waals surface area contributed by atoms with Crippen molar-refractivity contribution in [2.45, 2.75) is 75.5 Å². The van der Waals surface area contributed by atoms with E-state index in [1.54, 1.807) is 35.7 Å². The fourth-order valence-corrected chi connectivity index (χ4v) is 17.7. The number of ketones is 2. The number of thioether (sulfide) groups is 5. The highest BCUT2D eigenvalue weighted by molar-refractivity contribution is 8.00. The molecular weight excluding hydrogens is 1360 g/mol. The zero-order valence-electron chi connectivity index (χ0n) is 53.5. The molecule has 0 aromatic heterocycles. The molecule has 0 aliphatic carbocycles. The molecule has 1 unspecified atom stereocenters. The van der Waals surface area contributed by atoms with Crippen molar-refractivity contribution in [1.82, 2.24) is 20.0 Å². The number of Topliss-reactive ketones (excluding diaryl/α,β-unsaturated/α-hetero) is 2. The number of nitrogens with one attached hydrogen (secondary N) is 1. The number of fused-ring (bicyclic) bond motifs is 5. The lowest BCUT2D eigenvalue weighted by molar-refractivity contribution is 0.0975. The van der Waals surface area contributed by atoms with E-state index < -0.39 is 0 Å². The summed E-state index contributed by atoms with van der Waals surface area (Å²) < 4.78 is 24.8. The Bertz CT molecular complexity index is 3630. The predicted molar refractivity (Wildman–Crippen MR) is 407 cm³/mol. The molecule has 0 saturated heterocycles. The van der Waals surface area contributed by atoms with Crippen LogP contribution < -0.4 is 14.8 Å². The van der Waals surface area contributed by atoms with Crippen molar-refractivity contribution in [2.24, 2.45) is 0 Å². The topological polar surface area (TPSA) is 94.6 Å². The van der Waals surface area contributed by atoms with E-state index in [9.17, 15) is 19.1 Å². The van der Waals surface area contributed by atoms with Gasteiger partial charge in [0.1, 0.15) is 29.5 Å². The monoisotopic (exact) mass is 1440 g/mol. The van der Waals surface area contributed by atoms with Gasteiger partial charge in [0.25, 0.3) is 0 Å². The number of rotatable bonds is 12. The molecule has 0 radical (unpaired) electrons. The van der Waals surface area contributed by atoms with Gasteiger partial charge in [-0.05, 0) is 130 Å². The lowest BCUT2D eigenvalue weighted by atomic mass is 9.99. The molecule has 0 fully saturated rings. The molecule has 5 aliphatic heterocycles. The number of benzene rings is 8. The average Bonchev–Trinajstić information content (AvgIpc) is 0.948. The van der Waals surface area contributed by atoms with Crippen LogP contribution in [0, 0.1) is 5.82 Å². The minimum atomic E-state index is -0.367. The smallest absolute Gasteiger partial charge is 0.177 e. The summed E-state index contributed by atoms with van der Waals surface area (Å²) in [6.07, 6.45) is -0.271. The minimum absolute atomic E-state index is 0. The van der Waals surface area contributed by atoms with Gasteiger partial charge in [0.2, 0.25) is 0 Å². The molecule has 0 spiro atoms. The fourth-order valence-electron chi connectivity index (χ4n) is 10.8. The Morgan fingerprint density at radius 3 is 1.35 bits per heavy atom. The van der Waals surface area contributed by atoms with Crippen molar-refractivity contribution in [1.29, 1.82) is 0 Å². The van der Waals surface area contributed by atoms with Gasteiger partial charge in [-0.1, -0.05) is 200 Å². The zero-order valence-corrected chi connectivity index (χ0v) is 60.6. The molecule has 9 nitrogen and oxygen atoms in total. The maximum absolute atomic E-state index is 12.2. The van der Waals surface area contributed by atoms with Crippen LogP contribution in [0.3, 0.4) is 0 Å². The van der Waals surface area contributed by atoms with E-state index in [0.717, 1.165) is 83.1 Å². The Kier molecular flexibility index (Phi) is 33.6. The first kappa shape index (κ1) is 78.3. The van der Waals surface area contributed by atoms with Crippen LogP contribution in [0.1, 0.15) is 91.0 Å². The van der Waals surface area contributed by atoms with Crippen molar-refractivity contribution < 1.29 is 28.6 Å². The van der Waals surface area contributed by atoms with Crippen molar-refractivity contribution >= 4 is 118 Å².